The van der Waals surface area contributed by atoms with Gasteiger partial charge in [0.25, 0.3) is 5.91 Å². The first kappa shape index (κ1) is 16.7. The second kappa shape index (κ2) is 6.54. The van der Waals surface area contributed by atoms with Crippen LogP contribution in [0, 0.1) is 0 Å². The zero-order valence-electron chi connectivity index (χ0n) is 14.1. The summed E-state index contributed by atoms with van der Waals surface area (Å²) in [5, 5.41) is 10.4. The van der Waals surface area contributed by atoms with Crippen molar-refractivity contribution in [3.8, 4) is 11.3 Å². The molecule has 1 fully saturated rings. The van der Waals surface area contributed by atoms with Crippen molar-refractivity contribution in [3.05, 3.63) is 35.2 Å². The van der Waals surface area contributed by atoms with Gasteiger partial charge in [-0.05, 0) is 12.8 Å². The lowest BCUT2D eigenvalue weighted by Crippen LogP contribution is -2.36. The third-order valence-electron chi connectivity index (χ3n) is 4.60. The van der Waals surface area contributed by atoms with Crippen LogP contribution in [-0.4, -0.2) is 40.2 Å². The number of primary amides is 1. The second-order valence-electron chi connectivity index (χ2n) is 6.35. The Morgan fingerprint density at radius 2 is 1.88 bits per heavy atom. The van der Waals surface area contributed by atoms with Crippen molar-refractivity contribution in [2.45, 2.75) is 18.9 Å². The predicted octanol–water partition coefficient (Wildman–Crippen LogP) is 2.00. The minimum Gasteiger partial charge on any atom is -0.397 e. The van der Waals surface area contributed by atoms with Crippen LogP contribution in [0.15, 0.2) is 30.3 Å². The fourth-order valence-electron chi connectivity index (χ4n) is 3.21. The van der Waals surface area contributed by atoms with Crippen LogP contribution < -0.4 is 16.4 Å². The Bertz CT molecular complexity index is 965. The largest absolute Gasteiger partial charge is 0.397 e. The van der Waals surface area contributed by atoms with E-state index in [0.29, 0.717) is 58.4 Å². The molecule has 7 nitrogen and oxygen atoms in total. The van der Waals surface area contributed by atoms with E-state index in [9.17, 15) is 9.90 Å². The molecule has 4 rings (SSSR count). The first-order chi connectivity index (χ1) is 12.5. The molecule has 2 aromatic heterocycles. The molecule has 0 aliphatic carbocycles. The van der Waals surface area contributed by atoms with Crippen LogP contribution >= 0.6 is 11.3 Å². The number of piperidine rings is 1. The highest BCUT2D eigenvalue weighted by Gasteiger charge is 2.24. The van der Waals surface area contributed by atoms with Crippen molar-refractivity contribution in [1.29, 1.82) is 0 Å². The maximum absolute atomic E-state index is 11.7. The molecule has 1 aliphatic rings. The van der Waals surface area contributed by atoms with Gasteiger partial charge in [0.1, 0.15) is 9.71 Å². The minimum absolute atomic E-state index is 0.276. The van der Waals surface area contributed by atoms with Gasteiger partial charge < -0.3 is 21.5 Å². The molecule has 1 amide bonds. The SMILES string of the molecule is NC(=O)c1sc2nc(N3CCC(O)CC3)nc(-c3ccccc3)c2c1N. The Hall–Kier alpha value is -2.71. The van der Waals surface area contributed by atoms with E-state index in [2.05, 4.69) is 9.88 Å². The Labute approximate surface area is 154 Å². The number of nitrogens with zero attached hydrogens (tertiary/aromatic N) is 3. The lowest BCUT2D eigenvalue weighted by Gasteiger charge is -2.29. The van der Waals surface area contributed by atoms with Crippen LogP contribution in [0.25, 0.3) is 21.5 Å². The van der Waals surface area contributed by atoms with Crippen molar-refractivity contribution >= 4 is 39.1 Å². The summed E-state index contributed by atoms with van der Waals surface area (Å²) in [7, 11) is 0. The zero-order chi connectivity index (χ0) is 18.3. The highest BCUT2D eigenvalue weighted by molar-refractivity contribution is 7.21. The van der Waals surface area contributed by atoms with Crippen LogP contribution in [-0.2, 0) is 0 Å². The summed E-state index contributed by atoms with van der Waals surface area (Å²) in [5.74, 6) is 0.0210. The van der Waals surface area contributed by atoms with Gasteiger partial charge in [-0.15, -0.1) is 11.3 Å². The summed E-state index contributed by atoms with van der Waals surface area (Å²) in [6.07, 6.45) is 1.09. The molecule has 1 aromatic carbocycles. The molecule has 3 heterocycles. The number of hydrogen-bond acceptors (Lipinski definition) is 7. The lowest BCUT2D eigenvalue weighted by molar-refractivity contribution is 0.100. The van der Waals surface area contributed by atoms with Gasteiger partial charge in [-0.1, -0.05) is 30.3 Å². The van der Waals surface area contributed by atoms with Crippen molar-refractivity contribution < 1.29 is 9.90 Å². The van der Waals surface area contributed by atoms with Crippen molar-refractivity contribution in [1.82, 2.24) is 9.97 Å². The molecule has 0 unspecified atom stereocenters. The minimum atomic E-state index is -0.563. The molecule has 1 saturated heterocycles. The number of aliphatic hydroxyl groups is 1. The number of benzene rings is 1. The zero-order valence-corrected chi connectivity index (χ0v) is 14.9. The Morgan fingerprint density at radius 3 is 2.54 bits per heavy atom. The molecule has 8 heteroatoms. The van der Waals surface area contributed by atoms with Gasteiger partial charge in [0.2, 0.25) is 5.95 Å². The number of carbonyl (C=O) groups excluding carboxylic acids is 1. The fourth-order valence-corrected chi connectivity index (χ4v) is 4.15. The number of nitrogen functional groups attached to an aromatic ring is 1. The van der Waals surface area contributed by atoms with Crippen LogP contribution in [0.1, 0.15) is 22.5 Å². The Kier molecular flexibility index (Phi) is 4.21. The van der Waals surface area contributed by atoms with Gasteiger partial charge in [0, 0.05) is 18.7 Å². The summed E-state index contributed by atoms with van der Waals surface area (Å²) >= 11 is 1.19. The Balaban J connectivity index is 1.92. The molecule has 134 valence electrons. The number of aromatic nitrogens is 2. The number of rotatable bonds is 3. The van der Waals surface area contributed by atoms with Gasteiger partial charge in [-0.3, -0.25) is 4.79 Å². The number of aliphatic hydroxyl groups excluding tert-OH is 1. The van der Waals surface area contributed by atoms with E-state index in [4.69, 9.17) is 16.5 Å². The molecule has 0 saturated carbocycles. The lowest BCUT2D eigenvalue weighted by atomic mass is 10.1. The maximum atomic E-state index is 11.7. The molecular formula is C18H19N5O2S. The predicted molar refractivity (Wildman–Crippen MR) is 103 cm³/mol. The van der Waals surface area contributed by atoms with Crippen LogP contribution in [0.5, 0.6) is 0 Å². The number of carbonyl (C=O) groups is 1. The number of thiophene rings is 1. The van der Waals surface area contributed by atoms with E-state index >= 15 is 0 Å². The van der Waals surface area contributed by atoms with Gasteiger partial charge >= 0.3 is 0 Å². The van der Waals surface area contributed by atoms with Crippen LogP contribution in [0.3, 0.4) is 0 Å². The maximum Gasteiger partial charge on any atom is 0.260 e. The standard InChI is InChI=1S/C18H19N5O2S/c19-13-12-14(10-4-2-1-3-5-10)21-18(23-8-6-11(24)7-9-23)22-17(12)26-15(13)16(20)25/h1-5,11,24H,6-9,19H2,(H2,20,25). The van der Waals surface area contributed by atoms with E-state index in [0.717, 1.165) is 5.56 Å². The third-order valence-corrected chi connectivity index (χ3v) is 5.71. The topological polar surface area (TPSA) is 118 Å². The summed E-state index contributed by atoms with van der Waals surface area (Å²) in [6.45, 7) is 1.37. The average molecular weight is 369 g/mol. The normalized spacial score (nSPS) is 15.5. The average Bonchev–Trinajstić information content (AvgIpc) is 2.99. The molecule has 0 spiro atoms. The summed E-state index contributed by atoms with van der Waals surface area (Å²) in [6, 6.07) is 9.69. The van der Waals surface area contributed by atoms with Gasteiger partial charge in [0.05, 0.1) is 22.9 Å². The molecule has 1 aliphatic heterocycles. The highest BCUT2D eigenvalue weighted by atomic mass is 32.1. The first-order valence-electron chi connectivity index (χ1n) is 8.43. The van der Waals surface area contributed by atoms with Gasteiger partial charge in [-0.2, -0.15) is 0 Å². The summed E-state index contributed by atoms with van der Waals surface area (Å²) in [4.78, 5) is 24.1. The molecule has 3 aromatic rings. The number of hydrogen-bond donors (Lipinski definition) is 3. The molecule has 0 bridgehead atoms. The first-order valence-corrected chi connectivity index (χ1v) is 9.24. The molecule has 26 heavy (non-hydrogen) atoms. The number of fused-ring (bicyclic) bond motifs is 1. The van der Waals surface area contributed by atoms with E-state index in [-0.39, 0.29) is 6.10 Å². The van der Waals surface area contributed by atoms with Crippen molar-refractivity contribution in [2.75, 3.05) is 23.7 Å². The van der Waals surface area contributed by atoms with Crippen LogP contribution in [0.4, 0.5) is 11.6 Å². The summed E-state index contributed by atoms with van der Waals surface area (Å²) in [5.41, 5.74) is 13.6. The van der Waals surface area contributed by atoms with E-state index < -0.39 is 5.91 Å². The second-order valence-corrected chi connectivity index (χ2v) is 7.34. The van der Waals surface area contributed by atoms with Gasteiger partial charge in [-0.25, -0.2) is 9.97 Å². The third kappa shape index (κ3) is 2.87. The van der Waals surface area contributed by atoms with Crippen molar-refractivity contribution in [2.24, 2.45) is 5.73 Å². The molecule has 5 N–H and O–H groups in total. The highest BCUT2D eigenvalue weighted by Crippen LogP contribution is 2.39. The number of nitrogens with two attached hydrogens (primary N) is 2. The monoisotopic (exact) mass is 369 g/mol. The Morgan fingerprint density at radius 1 is 1.19 bits per heavy atom. The number of anilines is 2. The fraction of sp³-hybridized carbons (Fsp3) is 0.278. The molecule has 0 radical (unpaired) electrons. The molecular weight excluding hydrogens is 350 g/mol. The van der Waals surface area contributed by atoms with Gasteiger partial charge in [0.15, 0.2) is 0 Å². The molecule has 0 atom stereocenters. The van der Waals surface area contributed by atoms with Crippen molar-refractivity contribution in [3.63, 3.8) is 0 Å². The van der Waals surface area contributed by atoms with E-state index in [1.54, 1.807) is 0 Å². The quantitative estimate of drug-likeness (QED) is 0.650. The van der Waals surface area contributed by atoms with E-state index in [1.807, 2.05) is 30.3 Å². The van der Waals surface area contributed by atoms with E-state index in [1.165, 1.54) is 11.3 Å². The summed E-state index contributed by atoms with van der Waals surface area (Å²) < 4.78 is 0. The smallest absolute Gasteiger partial charge is 0.260 e. The number of amides is 1. The van der Waals surface area contributed by atoms with Crippen LogP contribution in [0.2, 0.25) is 0 Å².